The van der Waals surface area contributed by atoms with Gasteiger partial charge in [-0.15, -0.1) is 0 Å². The van der Waals surface area contributed by atoms with Crippen molar-refractivity contribution in [2.75, 3.05) is 10.6 Å². The summed E-state index contributed by atoms with van der Waals surface area (Å²) in [5.74, 6) is 0.936. The average molecular weight is 477 g/mol. The molecule has 5 rings (SSSR count). The lowest BCUT2D eigenvalue weighted by Crippen LogP contribution is -2.34. The van der Waals surface area contributed by atoms with E-state index in [4.69, 9.17) is 9.97 Å². The van der Waals surface area contributed by atoms with Crippen LogP contribution in [0.25, 0.3) is 11.2 Å². The van der Waals surface area contributed by atoms with Gasteiger partial charge in [0.1, 0.15) is 17.1 Å². The van der Waals surface area contributed by atoms with Crippen LogP contribution in [-0.4, -0.2) is 35.3 Å². The quantitative estimate of drug-likeness (QED) is 0.266. The highest BCUT2D eigenvalue weighted by Crippen LogP contribution is 2.40. The van der Waals surface area contributed by atoms with Gasteiger partial charge in [0, 0.05) is 11.7 Å². The Hall–Kier alpha value is -3.72. The normalized spacial score (nSPS) is 18.5. The van der Waals surface area contributed by atoms with E-state index < -0.39 is 5.60 Å². The molecular weight excluding hydrogens is 447 g/mol. The van der Waals surface area contributed by atoms with Crippen LogP contribution >= 0.6 is 0 Å². The molecule has 0 spiro atoms. The Morgan fingerprint density at radius 2 is 1.69 bits per heavy atom. The summed E-state index contributed by atoms with van der Waals surface area (Å²) in [5.41, 5.74) is 1.60. The molecule has 2 aromatic heterocycles. The second-order valence-electron chi connectivity index (χ2n) is 9.64. The molecule has 182 valence electrons. The number of hydrogen-bond donors (Lipinski definition) is 4. The van der Waals surface area contributed by atoms with Gasteiger partial charge >= 0.3 is 0 Å². The Labute approximate surface area is 202 Å². The summed E-state index contributed by atoms with van der Waals surface area (Å²) < 4.78 is 16.5. The van der Waals surface area contributed by atoms with Crippen LogP contribution in [0.3, 0.4) is 0 Å². The van der Waals surface area contributed by atoms with E-state index in [1.54, 1.807) is 48.7 Å². The van der Waals surface area contributed by atoms with Gasteiger partial charge in [0.05, 0.1) is 17.5 Å². The van der Waals surface area contributed by atoms with E-state index in [2.05, 4.69) is 15.6 Å². The molecule has 2 aromatic carbocycles. The first kappa shape index (κ1) is 23.0. The van der Waals surface area contributed by atoms with Crippen LogP contribution in [0.1, 0.15) is 45.6 Å². The summed E-state index contributed by atoms with van der Waals surface area (Å²) in [6, 6.07) is 13.2. The lowest BCUT2D eigenvalue weighted by Gasteiger charge is -2.36. The van der Waals surface area contributed by atoms with Crippen molar-refractivity contribution in [3.8, 4) is 5.75 Å². The first-order valence-corrected chi connectivity index (χ1v) is 11.8. The second kappa shape index (κ2) is 9.14. The van der Waals surface area contributed by atoms with Crippen LogP contribution in [0.4, 0.5) is 27.7 Å². The Morgan fingerprint density at radius 1 is 0.971 bits per heavy atom. The van der Waals surface area contributed by atoms with Crippen LogP contribution < -0.4 is 10.6 Å². The van der Waals surface area contributed by atoms with Gasteiger partial charge in [-0.1, -0.05) is 12.1 Å². The molecule has 2 heterocycles. The second-order valence-corrected chi connectivity index (χ2v) is 9.64. The summed E-state index contributed by atoms with van der Waals surface area (Å²) in [4.78, 5) is 13.9. The molecule has 0 unspecified atom stereocenters. The van der Waals surface area contributed by atoms with E-state index in [9.17, 15) is 14.6 Å². The van der Waals surface area contributed by atoms with Crippen LogP contribution in [-0.2, 0) is 0 Å². The molecular formula is C26H29FN6O2. The third-order valence-electron chi connectivity index (χ3n) is 6.74. The Balaban J connectivity index is 1.52. The molecule has 1 fully saturated rings. The van der Waals surface area contributed by atoms with Crippen LogP contribution in [0.2, 0.25) is 0 Å². The number of anilines is 4. The van der Waals surface area contributed by atoms with Gasteiger partial charge in [0.15, 0.2) is 5.65 Å². The van der Waals surface area contributed by atoms with Gasteiger partial charge < -0.3 is 20.8 Å². The van der Waals surface area contributed by atoms with Gasteiger partial charge in [0.25, 0.3) is 0 Å². The van der Waals surface area contributed by atoms with Crippen LogP contribution in [0.5, 0.6) is 5.75 Å². The fraction of sp³-hybridized carbons (Fsp3) is 0.346. The Kier molecular flexibility index (Phi) is 6.02. The highest BCUT2D eigenvalue weighted by Gasteiger charge is 2.33. The molecule has 0 radical (unpaired) electrons. The minimum Gasteiger partial charge on any atom is -0.508 e. The predicted octanol–water partition coefficient (Wildman–Crippen LogP) is 5.66. The van der Waals surface area contributed by atoms with Crippen molar-refractivity contribution in [3.63, 3.8) is 0 Å². The first-order chi connectivity index (χ1) is 16.8. The maximum atomic E-state index is 14.4. The highest BCUT2D eigenvalue weighted by molar-refractivity contribution is 5.77. The monoisotopic (exact) mass is 476 g/mol. The van der Waals surface area contributed by atoms with E-state index >= 15 is 0 Å². The van der Waals surface area contributed by atoms with Gasteiger partial charge in [0.2, 0.25) is 11.9 Å². The maximum absolute atomic E-state index is 14.4. The van der Waals surface area contributed by atoms with Gasteiger partial charge in [-0.05, 0) is 81.8 Å². The van der Waals surface area contributed by atoms with Gasteiger partial charge in [-0.3, -0.25) is 4.57 Å². The lowest BCUT2D eigenvalue weighted by molar-refractivity contribution is -0.00457. The fourth-order valence-corrected chi connectivity index (χ4v) is 4.78. The number of fused-ring (bicyclic) bond motifs is 1. The minimum absolute atomic E-state index is 0.0873. The summed E-state index contributed by atoms with van der Waals surface area (Å²) >= 11 is 0. The summed E-state index contributed by atoms with van der Waals surface area (Å²) in [6.45, 7) is 3.73. The number of aromatic hydroxyl groups is 1. The van der Waals surface area contributed by atoms with E-state index in [1.807, 2.05) is 18.4 Å². The number of halogens is 1. The highest BCUT2D eigenvalue weighted by atomic mass is 19.1. The third kappa shape index (κ3) is 4.90. The van der Waals surface area contributed by atoms with Crippen LogP contribution in [0.15, 0.2) is 54.7 Å². The van der Waals surface area contributed by atoms with Crippen molar-refractivity contribution in [2.45, 2.75) is 51.2 Å². The molecule has 1 aliphatic rings. The topological polar surface area (TPSA) is 108 Å². The molecule has 0 aliphatic heterocycles. The van der Waals surface area contributed by atoms with Gasteiger partial charge in [-0.2, -0.15) is 4.98 Å². The predicted molar refractivity (Wildman–Crippen MR) is 134 cm³/mol. The molecule has 0 bridgehead atoms. The van der Waals surface area contributed by atoms with Crippen molar-refractivity contribution >= 4 is 34.4 Å². The number of para-hydroxylation sites is 1. The molecule has 4 N–H and O–H groups in total. The number of phenols is 1. The number of benzene rings is 2. The van der Waals surface area contributed by atoms with Crippen molar-refractivity contribution in [1.82, 2.24) is 19.5 Å². The molecule has 0 saturated heterocycles. The maximum Gasteiger partial charge on any atom is 0.229 e. The molecule has 35 heavy (non-hydrogen) atoms. The van der Waals surface area contributed by atoms with E-state index in [-0.39, 0.29) is 23.5 Å². The number of nitrogens with one attached hydrogen (secondary N) is 2. The summed E-state index contributed by atoms with van der Waals surface area (Å²) in [5, 5.41) is 26.3. The number of imidazole rings is 1. The number of nitrogens with zero attached hydrogens (tertiary/aromatic N) is 4. The van der Waals surface area contributed by atoms with Crippen molar-refractivity contribution < 1.29 is 14.6 Å². The number of aromatic nitrogens is 4. The largest absolute Gasteiger partial charge is 0.508 e. The molecule has 8 nitrogen and oxygen atoms in total. The van der Waals surface area contributed by atoms with E-state index in [1.165, 1.54) is 6.07 Å². The minimum atomic E-state index is -0.723. The van der Waals surface area contributed by atoms with Gasteiger partial charge in [-0.25, -0.2) is 14.4 Å². The van der Waals surface area contributed by atoms with Crippen molar-refractivity contribution in [3.05, 3.63) is 60.5 Å². The molecule has 0 atom stereocenters. The number of rotatable bonds is 6. The zero-order valence-electron chi connectivity index (χ0n) is 19.7. The molecule has 1 saturated carbocycles. The average Bonchev–Trinajstić information content (AvgIpc) is 3.19. The molecule has 0 amide bonds. The zero-order chi connectivity index (χ0) is 24.6. The first-order valence-electron chi connectivity index (χ1n) is 11.8. The number of hydrogen-bond acceptors (Lipinski definition) is 7. The van der Waals surface area contributed by atoms with E-state index in [0.717, 1.165) is 31.4 Å². The molecule has 4 aromatic rings. The SMILES string of the molecule is CC(C)(O)[C@H]1CC[C@@H](n2c(Nc3ccccc3F)nc3cnc(Nc4ccc(O)cc4)nc32)CC1. The lowest BCUT2D eigenvalue weighted by atomic mass is 9.77. The Bertz CT molecular complexity index is 1320. The third-order valence-corrected chi connectivity index (χ3v) is 6.74. The Morgan fingerprint density at radius 3 is 2.37 bits per heavy atom. The fourth-order valence-electron chi connectivity index (χ4n) is 4.78. The van der Waals surface area contributed by atoms with Crippen molar-refractivity contribution in [1.29, 1.82) is 0 Å². The summed E-state index contributed by atoms with van der Waals surface area (Å²) in [6.07, 6.45) is 5.08. The number of phenolic OH excluding ortho intramolecular Hbond substituents is 1. The molecule has 1 aliphatic carbocycles. The standard InChI is InChI=1S/C26H29FN6O2/c1-26(2,35)16-7-11-18(12-8-16)33-23-22(31-25(33)30-21-6-4-3-5-20(21)27)15-28-24(32-23)29-17-9-13-19(34)14-10-17/h3-6,9-10,13-16,18,34-35H,7-8,11-12H2,1-2H3,(H,30,31)(H,28,29,32)/t16-,18+. The van der Waals surface area contributed by atoms with Crippen molar-refractivity contribution in [2.24, 2.45) is 5.92 Å². The summed E-state index contributed by atoms with van der Waals surface area (Å²) in [7, 11) is 0. The van der Waals surface area contributed by atoms with E-state index in [0.29, 0.717) is 28.7 Å². The zero-order valence-corrected chi connectivity index (χ0v) is 19.7. The van der Waals surface area contributed by atoms with Crippen LogP contribution in [0, 0.1) is 11.7 Å². The molecule has 9 heteroatoms. The number of aliphatic hydroxyl groups is 1. The smallest absolute Gasteiger partial charge is 0.229 e.